The summed E-state index contributed by atoms with van der Waals surface area (Å²) in [6, 6.07) is 7.11. The molecule has 0 spiro atoms. The van der Waals surface area contributed by atoms with E-state index in [1.165, 1.54) is 0 Å². The number of sulfone groups is 1. The number of aryl methyl sites for hydroxylation is 1. The number of aliphatic hydroxyl groups is 1. The molecule has 1 aromatic carbocycles. The van der Waals surface area contributed by atoms with Gasteiger partial charge in [-0.25, -0.2) is 8.42 Å². The molecule has 0 fully saturated rings. The van der Waals surface area contributed by atoms with Gasteiger partial charge < -0.3 is 5.11 Å². The van der Waals surface area contributed by atoms with E-state index in [1.807, 2.05) is 19.1 Å². The van der Waals surface area contributed by atoms with E-state index >= 15 is 0 Å². The number of halogens is 2. The van der Waals surface area contributed by atoms with E-state index in [4.69, 9.17) is 0 Å². The molecule has 0 aliphatic heterocycles. The first-order valence-corrected chi connectivity index (χ1v) is 8.24. The molecule has 1 N–H and O–H groups in total. The van der Waals surface area contributed by atoms with Crippen molar-refractivity contribution < 1.29 is 13.5 Å². The second kappa shape index (κ2) is 4.91. The Labute approximate surface area is 117 Å². The molecule has 3 nitrogen and oxygen atoms in total. The van der Waals surface area contributed by atoms with Crippen molar-refractivity contribution >= 4 is 48.4 Å². The first-order chi connectivity index (χ1) is 7.16. The molecule has 0 unspecified atom stereocenters. The summed E-state index contributed by atoms with van der Waals surface area (Å²) < 4.78 is 21.6. The Kier molecular flexibility index (Phi) is 4.42. The minimum Gasteiger partial charge on any atom is -0.385 e. The van der Waals surface area contributed by atoms with Crippen LogP contribution in [0.15, 0.2) is 24.3 Å². The molecule has 0 bridgehead atoms. The molecule has 0 aliphatic rings. The Morgan fingerprint density at radius 1 is 1.38 bits per heavy atom. The van der Waals surface area contributed by atoms with Gasteiger partial charge in [0.1, 0.15) is 6.10 Å². The van der Waals surface area contributed by atoms with Crippen molar-refractivity contribution in [3.05, 3.63) is 35.4 Å². The molecular weight excluding hydrogens is 407 g/mol. The zero-order valence-corrected chi connectivity index (χ0v) is 13.4. The van der Waals surface area contributed by atoms with Crippen molar-refractivity contribution in [2.24, 2.45) is 0 Å². The van der Waals surface area contributed by atoms with E-state index in [-0.39, 0.29) is 0 Å². The van der Waals surface area contributed by atoms with Gasteiger partial charge in [-0.3, -0.25) is 0 Å². The van der Waals surface area contributed by atoms with Crippen LogP contribution in [0, 0.1) is 6.92 Å². The summed E-state index contributed by atoms with van der Waals surface area (Å²) in [7, 11) is -3.41. The molecule has 16 heavy (non-hydrogen) atoms. The zero-order chi connectivity index (χ0) is 12.6. The molecule has 0 amide bonds. The van der Waals surface area contributed by atoms with Crippen LogP contribution in [-0.2, 0) is 9.84 Å². The van der Waals surface area contributed by atoms with Crippen LogP contribution in [0.2, 0.25) is 0 Å². The minimum atomic E-state index is -3.41. The Hall–Kier alpha value is 0.340. The fourth-order valence-corrected chi connectivity index (χ4v) is 2.31. The molecule has 90 valence electrons. The molecule has 1 rings (SSSR count). The highest BCUT2D eigenvalue weighted by Crippen LogP contribution is 2.44. The fraction of sp³-hybridized carbons (Fsp3) is 0.400. The van der Waals surface area contributed by atoms with E-state index < -0.39 is 17.6 Å². The maximum absolute atomic E-state index is 11.5. The lowest BCUT2D eigenvalue weighted by atomic mass is 10.1. The van der Waals surface area contributed by atoms with Gasteiger partial charge in [0.15, 0.2) is 9.84 Å². The van der Waals surface area contributed by atoms with Crippen LogP contribution in [0.25, 0.3) is 0 Å². The van der Waals surface area contributed by atoms with E-state index in [0.717, 1.165) is 11.8 Å². The second-order valence-corrected chi connectivity index (χ2v) is 11.5. The van der Waals surface area contributed by atoms with Crippen LogP contribution in [0.1, 0.15) is 17.2 Å². The van der Waals surface area contributed by atoms with Gasteiger partial charge in [0.25, 0.3) is 0 Å². The third kappa shape index (κ3) is 2.96. The third-order valence-electron chi connectivity index (χ3n) is 2.21. The smallest absolute Gasteiger partial charge is 0.206 e. The first-order valence-electron chi connectivity index (χ1n) is 4.48. The van der Waals surface area contributed by atoms with Crippen molar-refractivity contribution in [1.29, 1.82) is 0 Å². The van der Waals surface area contributed by atoms with Gasteiger partial charge in [0.2, 0.25) is 1.66 Å². The predicted molar refractivity (Wildman–Crippen MR) is 76.7 cm³/mol. The molecule has 0 aliphatic carbocycles. The van der Waals surface area contributed by atoms with Gasteiger partial charge in [-0.05, 0) is 35.1 Å². The fourth-order valence-electron chi connectivity index (χ4n) is 1.15. The van der Waals surface area contributed by atoms with Crippen LogP contribution >= 0.6 is 38.5 Å². The monoisotopic (exact) mass is 418 g/mol. The molecule has 6 heteroatoms. The summed E-state index contributed by atoms with van der Waals surface area (Å²) in [6.07, 6.45) is -0.0188. The highest BCUT2D eigenvalue weighted by Gasteiger charge is 2.43. The topological polar surface area (TPSA) is 54.4 Å². The molecular formula is C10H12BrIO3S. The van der Waals surface area contributed by atoms with Crippen LogP contribution in [0.3, 0.4) is 0 Å². The van der Waals surface area contributed by atoms with Gasteiger partial charge in [0.05, 0.1) is 0 Å². The Morgan fingerprint density at radius 3 is 2.19 bits per heavy atom. The van der Waals surface area contributed by atoms with Crippen LogP contribution in [0.4, 0.5) is 0 Å². The Bertz CT molecular complexity index is 467. The Balaban J connectivity index is 3.12. The van der Waals surface area contributed by atoms with E-state index in [2.05, 4.69) is 15.9 Å². The van der Waals surface area contributed by atoms with Gasteiger partial charge in [0, 0.05) is 6.26 Å². The lowest BCUT2D eigenvalue weighted by Crippen LogP contribution is -2.31. The van der Waals surface area contributed by atoms with Crippen molar-refractivity contribution in [2.45, 2.75) is 14.7 Å². The van der Waals surface area contributed by atoms with E-state index in [0.29, 0.717) is 5.56 Å². The van der Waals surface area contributed by atoms with E-state index in [9.17, 15) is 13.5 Å². The summed E-state index contributed by atoms with van der Waals surface area (Å²) in [5, 5.41) is 10.0. The standard InChI is InChI=1S/C10H12BrIO3S/c1-7-3-5-8(6-4-7)9(13)10(11,12)16(2,14)15/h3-6,9,13H,1-2H3/t9-,10+/m1/s1. The average molecular weight is 419 g/mol. The van der Waals surface area contributed by atoms with Gasteiger partial charge in [-0.2, -0.15) is 0 Å². The summed E-state index contributed by atoms with van der Waals surface area (Å²) >= 11 is 4.77. The largest absolute Gasteiger partial charge is 0.385 e. The van der Waals surface area contributed by atoms with Crippen molar-refractivity contribution in [3.63, 3.8) is 0 Å². The van der Waals surface area contributed by atoms with Crippen molar-refractivity contribution in [2.75, 3.05) is 6.26 Å². The minimum absolute atomic E-state index is 0.572. The van der Waals surface area contributed by atoms with Crippen molar-refractivity contribution in [3.8, 4) is 0 Å². The van der Waals surface area contributed by atoms with E-state index in [1.54, 1.807) is 34.7 Å². The highest BCUT2D eigenvalue weighted by molar-refractivity contribution is 14.1. The first kappa shape index (κ1) is 14.4. The molecule has 0 aromatic heterocycles. The number of benzene rings is 1. The lowest BCUT2D eigenvalue weighted by Gasteiger charge is -2.25. The van der Waals surface area contributed by atoms with Crippen LogP contribution in [-0.4, -0.2) is 21.4 Å². The summed E-state index contributed by atoms with van der Waals surface area (Å²) in [6.45, 7) is 1.93. The SMILES string of the molecule is Cc1ccc([C@@H](O)[C@](Br)(I)S(C)(=O)=O)cc1. The third-order valence-corrected chi connectivity index (χ3v) is 8.61. The summed E-state index contributed by atoms with van der Waals surface area (Å²) in [5.74, 6) is 0. The normalized spacial score (nSPS) is 17.8. The number of alkyl halides is 2. The van der Waals surface area contributed by atoms with Gasteiger partial charge in [-0.1, -0.05) is 45.8 Å². The molecule has 2 atom stereocenters. The van der Waals surface area contributed by atoms with Gasteiger partial charge >= 0.3 is 0 Å². The number of aliphatic hydroxyl groups excluding tert-OH is 1. The zero-order valence-electron chi connectivity index (χ0n) is 8.81. The predicted octanol–water partition coefficient (Wildman–Crippen LogP) is 2.56. The molecule has 0 heterocycles. The maximum atomic E-state index is 11.5. The van der Waals surface area contributed by atoms with Crippen LogP contribution < -0.4 is 0 Å². The number of rotatable bonds is 3. The maximum Gasteiger partial charge on any atom is 0.206 e. The van der Waals surface area contributed by atoms with Crippen molar-refractivity contribution in [1.82, 2.24) is 0 Å². The molecule has 0 radical (unpaired) electrons. The second-order valence-electron chi connectivity index (χ2n) is 3.65. The molecule has 0 saturated carbocycles. The highest BCUT2D eigenvalue weighted by atomic mass is 127. The number of hydrogen-bond donors (Lipinski definition) is 1. The summed E-state index contributed by atoms with van der Waals surface area (Å²) in [4.78, 5) is 0. The Morgan fingerprint density at radius 2 is 1.81 bits per heavy atom. The van der Waals surface area contributed by atoms with Crippen LogP contribution in [0.5, 0.6) is 0 Å². The lowest BCUT2D eigenvalue weighted by molar-refractivity contribution is 0.191. The molecule has 1 aromatic rings. The average Bonchev–Trinajstić information content (AvgIpc) is 2.16. The quantitative estimate of drug-likeness (QED) is 0.606. The summed E-state index contributed by atoms with van der Waals surface area (Å²) in [5.41, 5.74) is 1.63. The van der Waals surface area contributed by atoms with Gasteiger partial charge in [-0.15, -0.1) is 0 Å². The molecule has 0 saturated heterocycles. The number of hydrogen-bond acceptors (Lipinski definition) is 3.